The molecule has 1 aliphatic rings. The van der Waals surface area contributed by atoms with E-state index in [0.29, 0.717) is 13.1 Å². The number of esters is 2. The van der Waals surface area contributed by atoms with Crippen molar-refractivity contribution in [3.05, 3.63) is 107 Å². The lowest BCUT2D eigenvalue weighted by molar-refractivity contribution is -0.175. The third-order valence-corrected chi connectivity index (χ3v) is 6.21. The molecule has 0 saturated carbocycles. The standard InChI is InChI=1S/C27H27NO4/c1-31-25(29)27(26(30)32-2)17-22-15-9-10-16-23(22)24(27)28(18-20-11-5-3-6-12-20)19-21-13-7-4-8-14-21/h3-16,24H,17-19H2,1-2H3/t24-/m1/s1. The minimum atomic E-state index is -1.48. The Morgan fingerprint density at radius 2 is 1.25 bits per heavy atom. The summed E-state index contributed by atoms with van der Waals surface area (Å²) in [5, 5.41) is 0. The summed E-state index contributed by atoms with van der Waals surface area (Å²) >= 11 is 0. The fraction of sp³-hybridized carbons (Fsp3) is 0.259. The summed E-state index contributed by atoms with van der Waals surface area (Å²) in [5.41, 5.74) is 2.62. The highest BCUT2D eigenvalue weighted by Crippen LogP contribution is 2.51. The zero-order valence-electron chi connectivity index (χ0n) is 18.4. The molecule has 0 fully saturated rings. The van der Waals surface area contributed by atoms with Crippen LogP contribution < -0.4 is 0 Å². The van der Waals surface area contributed by atoms with Gasteiger partial charge in [0.25, 0.3) is 0 Å². The minimum absolute atomic E-state index is 0.243. The lowest BCUT2D eigenvalue weighted by Crippen LogP contribution is -2.50. The highest BCUT2D eigenvalue weighted by Gasteiger charge is 2.61. The first-order valence-electron chi connectivity index (χ1n) is 10.7. The van der Waals surface area contributed by atoms with Crippen molar-refractivity contribution >= 4 is 11.9 Å². The monoisotopic (exact) mass is 429 g/mol. The maximum atomic E-state index is 13.3. The molecule has 0 aromatic heterocycles. The molecule has 0 amide bonds. The molecule has 5 heteroatoms. The van der Waals surface area contributed by atoms with Crippen LogP contribution in [0.3, 0.4) is 0 Å². The molecule has 164 valence electrons. The van der Waals surface area contributed by atoms with Gasteiger partial charge in [0.15, 0.2) is 5.41 Å². The Labute approximate surface area is 188 Å². The van der Waals surface area contributed by atoms with Gasteiger partial charge in [0.05, 0.1) is 20.3 Å². The van der Waals surface area contributed by atoms with Crippen molar-refractivity contribution in [3.63, 3.8) is 0 Å². The van der Waals surface area contributed by atoms with E-state index in [-0.39, 0.29) is 6.42 Å². The second-order valence-electron chi connectivity index (χ2n) is 8.11. The van der Waals surface area contributed by atoms with Crippen molar-refractivity contribution < 1.29 is 19.1 Å². The van der Waals surface area contributed by atoms with Gasteiger partial charge in [-0.2, -0.15) is 0 Å². The first-order chi connectivity index (χ1) is 15.6. The van der Waals surface area contributed by atoms with E-state index in [2.05, 4.69) is 29.2 Å². The van der Waals surface area contributed by atoms with Crippen LogP contribution in [0.25, 0.3) is 0 Å². The molecule has 0 N–H and O–H groups in total. The van der Waals surface area contributed by atoms with Crippen LogP contribution in [0.5, 0.6) is 0 Å². The molecule has 1 atom stereocenters. The molecule has 0 unspecified atom stereocenters. The van der Waals surface area contributed by atoms with Gasteiger partial charge >= 0.3 is 11.9 Å². The van der Waals surface area contributed by atoms with E-state index in [1.54, 1.807) is 0 Å². The Kier molecular flexibility index (Phi) is 6.37. The maximum Gasteiger partial charge on any atom is 0.325 e. The van der Waals surface area contributed by atoms with Crippen LogP contribution >= 0.6 is 0 Å². The number of nitrogens with zero attached hydrogens (tertiary/aromatic N) is 1. The van der Waals surface area contributed by atoms with Gasteiger partial charge in [-0.15, -0.1) is 0 Å². The van der Waals surface area contributed by atoms with Gasteiger partial charge in [0.2, 0.25) is 0 Å². The van der Waals surface area contributed by atoms with Gasteiger partial charge in [-0.3, -0.25) is 14.5 Å². The SMILES string of the molecule is COC(=O)C1(C(=O)OC)Cc2ccccc2[C@H]1N(Cc1ccccc1)Cc1ccccc1. The van der Waals surface area contributed by atoms with E-state index in [1.807, 2.05) is 60.7 Å². The molecular weight excluding hydrogens is 402 g/mol. The maximum absolute atomic E-state index is 13.3. The third-order valence-electron chi connectivity index (χ3n) is 6.21. The van der Waals surface area contributed by atoms with Gasteiger partial charge in [0, 0.05) is 19.5 Å². The van der Waals surface area contributed by atoms with Crippen molar-refractivity contribution in [1.82, 2.24) is 4.90 Å². The van der Waals surface area contributed by atoms with Crippen molar-refractivity contribution in [2.24, 2.45) is 5.41 Å². The number of benzene rings is 3. The van der Waals surface area contributed by atoms with Crippen molar-refractivity contribution in [3.8, 4) is 0 Å². The Morgan fingerprint density at radius 1 is 0.781 bits per heavy atom. The van der Waals surface area contributed by atoms with Gasteiger partial charge in [-0.1, -0.05) is 84.9 Å². The molecule has 0 spiro atoms. The molecule has 32 heavy (non-hydrogen) atoms. The van der Waals surface area contributed by atoms with E-state index < -0.39 is 23.4 Å². The molecule has 0 heterocycles. The number of hydrogen-bond donors (Lipinski definition) is 0. The zero-order chi connectivity index (χ0) is 22.6. The van der Waals surface area contributed by atoms with E-state index in [4.69, 9.17) is 9.47 Å². The zero-order valence-corrected chi connectivity index (χ0v) is 18.4. The number of methoxy groups -OCH3 is 2. The largest absolute Gasteiger partial charge is 0.468 e. The molecule has 0 saturated heterocycles. The summed E-state index contributed by atoms with van der Waals surface area (Å²) in [6, 6.07) is 27.4. The average Bonchev–Trinajstić information content (AvgIpc) is 3.20. The van der Waals surface area contributed by atoms with Crippen LogP contribution in [0.2, 0.25) is 0 Å². The first kappa shape index (κ1) is 21.8. The molecule has 0 aliphatic heterocycles. The van der Waals surface area contributed by atoms with E-state index in [1.165, 1.54) is 14.2 Å². The summed E-state index contributed by atoms with van der Waals surface area (Å²) in [7, 11) is 2.65. The van der Waals surface area contributed by atoms with Gasteiger partial charge in [-0.05, 0) is 22.3 Å². The Bertz CT molecular complexity index is 1020. The van der Waals surface area contributed by atoms with Crippen LogP contribution in [0.1, 0.15) is 28.3 Å². The summed E-state index contributed by atoms with van der Waals surface area (Å²) in [6.07, 6.45) is 0.243. The van der Waals surface area contributed by atoms with E-state index in [0.717, 1.165) is 22.3 Å². The number of rotatable bonds is 7. The van der Waals surface area contributed by atoms with Gasteiger partial charge in [0.1, 0.15) is 0 Å². The molecule has 5 nitrogen and oxygen atoms in total. The summed E-state index contributed by atoms with van der Waals surface area (Å²) in [6.45, 7) is 1.12. The number of fused-ring (bicyclic) bond motifs is 1. The topological polar surface area (TPSA) is 55.8 Å². The lowest BCUT2D eigenvalue weighted by atomic mass is 9.79. The molecule has 0 bridgehead atoms. The Morgan fingerprint density at radius 3 is 1.75 bits per heavy atom. The lowest BCUT2D eigenvalue weighted by Gasteiger charge is -2.38. The average molecular weight is 430 g/mol. The number of ether oxygens (including phenoxy) is 2. The predicted molar refractivity (Wildman–Crippen MR) is 121 cm³/mol. The summed E-state index contributed by atoms with van der Waals surface area (Å²) in [4.78, 5) is 28.7. The van der Waals surface area contributed by atoms with Gasteiger partial charge < -0.3 is 9.47 Å². The van der Waals surface area contributed by atoms with Gasteiger partial charge in [-0.25, -0.2) is 0 Å². The second kappa shape index (κ2) is 9.37. The molecule has 1 aliphatic carbocycles. The molecule has 4 rings (SSSR count). The van der Waals surface area contributed by atoms with Crippen LogP contribution in [-0.4, -0.2) is 31.1 Å². The van der Waals surface area contributed by atoms with Crippen molar-refractivity contribution in [1.29, 1.82) is 0 Å². The summed E-state index contributed by atoms with van der Waals surface area (Å²) < 4.78 is 10.4. The highest BCUT2D eigenvalue weighted by molar-refractivity contribution is 6.02. The fourth-order valence-corrected chi connectivity index (χ4v) is 4.82. The highest BCUT2D eigenvalue weighted by atomic mass is 16.5. The second-order valence-corrected chi connectivity index (χ2v) is 8.11. The van der Waals surface area contributed by atoms with E-state index in [9.17, 15) is 9.59 Å². The summed E-state index contributed by atoms with van der Waals surface area (Å²) in [5.74, 6) is -1.15. The molecular formula is C27H27NO4. The van der Waals surface area contributed by atoms with Crippen LogP contribution in [0, 0.1) is 5.41 Å². The fourth-order valence-electron chi connectivity index (χ4n) is 4.82. The van der Waals surface area contributed by atoms with Crippen molar-refractivity contribution in [2.75, 3.05) is 14.2 Å². The molecule has 3 aromatic carbocycles. The van der Waals surface area contributed by atoms with Crippen LogP contribution in [0.4, 0.5) is 0 Å². The quantitative estimate of drug-likeness (QED) is 0.414. The predicted octanol–water partition coefficient (Wildman–Crippen LogP) is 4.32. The minimum Gasteiger partial charge on any atom is -0.468 e. The number of carbonyl (C=O) groups is 2. The molecule has 3 aromatic rings. The third kappa shape index (κ3) is 3.92. The van der Waals surface area contributed by atoms with Crippen molar-refractivity contribution in [2.45, 2.75) is 25.6 Å². The normalized spacial score (nSPS) is 16.4. The van der Waals surface area contributed by atoms with Crippen LogP contribution in [-0.2, 0) is 38.6 Å². The Hall–Kier alpha value is -3.44. The number of hydrogen-bond acceptors (Lipinski definition) is 5. The first-order valence-corrected chi connectivity index (χ1v) is 10.7. The smallest absolute Gasteiger partial charge is 0.325 e. The van der Waals surface area contributed by atoms with Crippen LogP contribution in [0.15, 0.2) is 84.9 Å². The Balaban J connectivity index is 1.87. The number of carbonyl (C=O) groups excluding carboxylic acids is 2. The molecule has 0 radical (unpaired) electrons. The van der Waals surface area contributed by atoms with E-state index >= 15 is 0 Å².